The molecule has 0 fully saturated rings. The summed E-state index contributed by atoms with van der Waals surface area (Å²) >= 11 is 0. The highest BCUT2D eigenvalue weighted by Gasteiger charge is 2.30. The lowest BCUT2D eigenvalue weighted by atomic mass is 9.98. The lowest BCUT2D eigenvalue weighted by Crippen LogP contribution is -2.27. The van der Waals surface area contributed by atoms with E-state index >= 15 is 0 Å². The predicted octanol–water partition coefficient (Wildman–Crippen LogP) is 8.74. The lowest BCUT2D eigenvalue weighted by molar-refractivity contribution is -0.141. The number of rotatable bonds is 16. The molecule has 9 nitrogen and oxygen atoms in total. The van der Waals surface area contributed by atoms with Gasteiger partial charge in [0.1, 0.15) is 13.2 Å². The summed E-state index contributed by atoms with van der Waals surface area (Å²) in [4.78, 5) is 34.8. The molecule has 2 atom stereocenters. The van der Waals surface area contributed by atoms with Crippen molar-refractivity contribution in [3.63, 3.8) is 0 Å². The van der Waals surface area contributed by atoms with E-state index in [9.17, 15) is 14.4 Å². The van der Waals surface area contributed by atoms with Gasteiger partial charge in [0.15, 0.2) is 0 Å². The van der Waals surface area contributed by atoms with Crippen molar-refractivity contribution in [1.82, 2.24) is 10.6 Å². The first kappa shape index (κ1) is 39.1. The summed E-state index contributed by atoms with van der Waals surface area (Å²) in [6.45, 7) is 5.69. The van der Waals surface area contributed by atoms with Gasteiger partial charge < -0.3 is 30.3 Å². The standard InChI is InChI=1S/C22H25NO4.C22H27NO3/c1-15(21(24)25)8-6-7-13-23-22(26)27-14-20-18-11-4-2-9-16(18)17-10-3-5-12-19(17)20;1-16(14-24)8-6-7-13-23-22(25)26-15-21-19-11-4-2-9-17(19)18-10-3-5-12-20(18)21/h2-5,9-12,15,20H,6-8,13-14H2,1H3,(H,23,26)(H,24,25);2-5,9-12,16,21,24H,6-8,13-15H2,1H3,(H,23,25). The molecule has 2 aliphatic rings. The van der Waals surface area contributed by atoms with Gasteiger partial charge in [0.05, 0.1) is 5.92 Å². The van der Waals surface area contributed by atoms with Gasteiger partial charge in [-0.15, -0.1) is 0 Å². The first-order valence-electron chi connectivity index (χ1n) is 18.8. The number of unbranched alkanes of at least 4 members (excludes halogenated alkanes) is 2. The second-order valence-corrected chi connectivity index (χ2v) is 14.0. The number of carbonyl (C=O) groups excluding carboxylic acids is 2. The molecule has 4 N–H and O–H groups in total. The molecule has 0 saturated carbocycles. The molecule has 6 rings (SSSR count). The van der Waals surface area contributed by atoms with Crippen molar-refractivity contribution in [3.8, 4) is 22.3 Å². The highest BCUT2D eigenvalue weighted by Crippen LogP contribution is 2.45. The molecule has 0 bridgehead atoms. The van der Waals surface area contributed by atoms with Crippen molar-refractivity contribution in [1.29, 1.82) is 0 Å². The van der Waals surface area contributed by atoms with E-state index in [1.165, 1.54) is 44.5 Å². The molecule has 53 heavy (non-hydrogen) atoms. The summed E-state index contributed by atoms with van der Waals surface area (Å²) in [7, 11) is 0. The summed E-state index contributed by atoms with van der Waals surface area (Å²) < 4.78 is 11.0. The summed E-state index contributed by atoms with van der Waals surface area (Å²) in [6.07, 6.45) is 4.19. The molecule has 0 aromatic heterocycles. The van der Waals surface area contributed by atoms with E-state index < -0.39 is 12.1 Å². The van der Waals surface area contributed by atoms with Gasteiger partial charge in [-0.3, -0.25) is 4.79 Å². The molecule has 280 valence electrons. The van der Waals surface area contributed by atoms with Crippen molar-refractivity contribution >= 4 is 18.2 Å². The smallest absolute Gasteiger partial charge is 0.407 e. The van der Waals surface area contributed by atoms with E-state index in [-0.39, 0.29) is 30.5 Å². The van der Waals surface area contributed by atoms with Crippen LogP contribution in [0.1, 0.15) is 86.5 Å². The molecule has 4 aromatic carbocycles. The van der Waals surface area contributed by atoms with Gasteiger partial charge in [0, 0.05) is 31.5 Å². The number of amides is 2. The topological polar surface area (TPSA) is 134 Å². The van der Waals surface area contributed by atoms with Crippen LogP contribution >= 0.6 is 0 Å². The summed E-state index contributed by atoms with van der Waals surface area (Å²) in [5.74, 6) is -0.651. The number of carbonyl (C=O) groups is 3. The predicted molar refractivity (Wildman–Crippen MR) is 207 cm³/mol. The number of alkyl carbamates (subject to hydrolysis) is 2. The molecule has 0 radical (unpaired) electrons. The summed E-state index contributed by atoms with van der Waals surface area (Å²) in [5.41, 5.74) is 9.69. The van der Waals surface area contributed by atoms with Gasteiger partial charge in [-0.1, -0.05) is 124 Å². The van der Waals surface area contributed by atoms with E-state index in [0.717, 1.165) is 32.1 Å². The zero-order chi connectivity index (χ0) is 37.6. The maximum atomic E-state index is 12.0. The Morgan fingerprint density at radius 1 is 0.585 bits per heavy atom. The van der Waals surface area contributed by atoms with Crippen molar-refractivity contribution < 1.29 is 34.1 Å². The maximum Gasteiger partial charge on any atom is 0.407 e. The van der Waals surface area contributed by atoms with E-state index in [0.29, 0.717) is 38.6 Å². The molecule has 0 spiro atoms. The molecule has 2 aliphatic carbocycles. The van der Waals surface area contributed by atoms with Crippen LogP contribution in [0.25, 0.3) is 22.3 Å². The van der Waals surface area contributed by atoms with Crippen LogP contribution in [-0.2, 0) is 14.3 Å². The first-order chi connectivity index (χ1) is 25.8. The van der Waals surface area contributed by atoms with E-state index in [1.54, 1.807) is 6.92 Å². The van der Waals surface area contributed by atoms with Crippen LogP contribution < -0.4 is 10.6 Å². The molecule has 2 unspecified atom stereocenters. The molecule has 2 amide bonds. The third-order valence-electron chi connectivity index (χ3n) is 10.1. The Labute approximate surface area is 312 Å². The van der Waals surface area contributed by atoms with Gasteiger partial charge in [-0.2, -0.15) is 0 Å². The number of benzene rings is 4. The second-order valence-electron chi connectivity index (χ2n) is 14.0. The van der Waals surface area contributed by atoms with Gasteiger partial charge in [-0.05, 0) is 76.1 Å². The number of carboxylic acid groups (broad SMARTS) is 1. The number of aliphatic carboxylic acids is 1. The quantitative estimate of drug-likeness (QED) is 0.0851. The number of carboxylic acids is 1. The summed E-state index contributed by atoms with van der Waals surface area (Å²) in [6, 6.07) is 33.1. The highest BCUT2D eigenvalue weighted by atomic mass is 16.6. The Morgan fingerprint density at radius 2 is 0.943 bits per heavy atom. The Balaban J connectivity index is 0.000000204. The molecule has 4 aromatic rings. The van der Waals surface area contributed by atoms with Crippen molar-refractivity contribution in [2.75, 3.05) is 32.9 Å². The van der Waals surface area contributed by atoms with Gasteiger partial charge in [-0.25, -0.2) is 9.59 Å². The van der Waals surface area contributed by atoms with Crippen LogP contribution in [0, 0.1) is 11.8 Å². The number of hydrogen-bond donors (Lipinski definition) is 4. The SMILES string of the molecule is CC(CCCCNC(=O)OCC1c2ccccc2-c2ccccc21)C(=O)O.CC(CO)CCCCNC(=O)OCC1c2ccccc2-c2ccccc21. The van der Waals surface area contributed by atoms with Crippen LogP contribution in [0.3, 0.4) is 0 Å². The largest absolute Gasteiger partial charge is 0.481 e. The fourth-order valence-corrected chi connectivity index (χ4v) is 7.09. The molecular formula is C44H52N2O7. The Morgan fingerprint density at radius 3 is 1.30 bits per heavy atom. The summed E-state index contributed by atoms with van der Waals surface area (Å²) in [5, 5.41) is 23.4. The number of fused-ring (bicyclic) bond motifs is 6. The van der Waals surface area contributed by atoms with Crippen molar-refractivity contribution in [3.05, 3.63) is 119 Å². The minimum absolute atomic E-state index is 0.0552. The number of aliphatic hydroxyl groups is 1. The second kappa shape index (κ2) is 19.6. The lowest BCUT2D eigenvalue weighted by Gasteiger charge is -2.14. The molecule has 0 saturated heterocycles. The average molecular weight is 721 g/mol. The first-order valence-corrected chi connectivity index (χ1v) is 18.8. The zero-order valence-corrected chi connectivity index (χ0v) is 30.8. The third-order valence-corrected chi connectivity index (χ3v) is 10.1. The number of hydrogen-bond acceptors (Lipinski definition) is 6. The monoisotopic (exact) mass is 720 g/mol. The van der Waals surface area contributed by atoms with Crippen LogP contribution in [-0.4, -0.2) is 61.3 Å². The van der Waals surface area contributed by atoms with Crippen molar-refractivity contribution in [2.24, 2.45) is 11.8 Å². The zero-order valence-electron chi connectivity index (χ0n) is 30.8. The van der Waals surface area contributed by atoms with Gasteiger partial charge in [0.25, 0.3) is 0 Å². The maximum absolute atomic E-state index is 12.0. The van der Waals surface area contributed by atoms with E-state index in [1.807, 2.05) is 55.5 Å². The van der Waals surface area contributed by atoms with Crippen LogP contribution in [0.4, 0.5) is 9.59 Å². The normalized spacial score (nSPS) is 13.6. The molecular weight excluding hydrogens is 668 g/mol. The minimum atomic E-state index is -0.778. The Kier molecular flexibility index (Phi) is 14.5. The van der Waals surface area contributed by atoms with E-state index in [4.69, 9.17) is 19.7 Å². The molecule has 0 aliphatic heterocycles. The molecule has 9 heteroatoms. The average Bonchev–Trinajstić information content (AvgIpc) is 3.68. The molecule has 0 heterocycles. The number of nitrogens with one attached hydrogen (secondary N) is 2. The van der Waals surface area contributed by atoms with Crippen molar-refractivity contribution in [2.45, 2.75) is 64.2 Å². The van der Waals surface area contributed by atoms with Crippen LogP contribution in [0.2, 0.25) is 0 Å². The fourth-order valence-electron chi connectivity index (χ4n) is 7.09. The number of ether oxygens (including phenoxy) is 2. The van der Waals surface area contributed by atoms with E-state index in [2.05, 4.69) is 59.2 Å². The van der Waals surface area contributed by atoms with Gasteiger partial charge >= 0.3 is 18.2 Å². The minimum Gasteiger partial charge on any atom is -0.481 e. The highest BCUT2D eigenvalue weighted by molar-refractivity contribution is 5.80. The fraction of sp³-hybridized carbons (Fsp3) is 0.386. The van der Waals surface area contributed by atoms with Crippen LogP contribution in [0.5, 0.6) is 0 Å². The number of aliphatic hydroxyl groups excluding tert-OH is 1. The van der Waals surface area contributed by atoms with Gasteiger partial charge in [0.2, 0.25) is 0 Å². The Bertz CT molecular complexity index is 1730. The van der Waals surface area contributed by atoms with Crippen LogP contribution in [0.15, 0.2) is 97.1 Å². The Hall–Kier alpha value is -5.15. The third kappa shape index (κ3) is 10.5.